The van der Waals surface area contributed by atoms with Gasteiger partial charge < -0.3 is 10.1 Å². The van der Waals surface area contributed by atoms with Crippen molar-refractivity contribution in [3.05, 3.63) is 34.9 Å². The first-order valence-electron chi connectivity index (χ1n) is 6.82. The van der Waals surface area contributed by atoms with E-state index in [1.165, 1.54) is 0 Å². The van der Waals surface area contributed by atoms with E-state index in [1.54, 1.807) is 0 Å². The fourth-order valence-electron chi connectivity index (χ4n) is 2.26. The molecule has 3 nitrogen and oxygen atoms in total. The molecule has 1 heterocycles. The van der Waals surface area contributed by atoms with Crippen molar-refractivity contribution in [2.24, 2.45) is 0 Å². The zero-order chi connectivity index (χ0) is 13.5. The average molecular weight is 282 g/mol. The molecule has 0 amide bonds. The summed E-state index contributed by atoms with van der Waals surface area (Å²) in [5.41, 5.74) is 0.972. The fraction of sp³-hybridized carbons (Fsp3) is 0.533. The highest BCUT2D eigenvalue weighted by Gasteiger charge is 2.13. The molecule has 0 aliphatic carbocycles. The average Bonchev–Trinajstić information content (AvgIpc) is 2.40. The standard InChI is InChI=1S/C15H20ClNO2/c16-13-3-1-2-12(10-13)11-14(18)6-9-19-15-4-7-17-8-5-15/h1-3,10,15,17H,4-9,11H2. The summed E-state index contributed by atoms with van der Waals surface area (Å²) in [6.45, 7) is 2.56. The number of benzene rings is 1. The SMILES string of the molecule is O=C(CCOC1CCNCC1)Cc1cccc(Cl)c1. The van der Waals surface area contributed by atoms with E-state index in [1.807, 2.05) is 24.3 Å². The van der Waals surface area contributed by atoms with Crippen molar-refractivity contribution < 1.29 is 9.53 Å². The minimum Gasteiger partial charge on any atom is -0.378 e. The predicted molar refractivity (Wildman–Crippen MR) is 76.6 cm³/mol. The Morgan fingerprint density at radius 3 is 2.89 bits per heavy atom. The van der Waals surface area contributed by atoms with Gasteiger partial charge in [0.05, 0.1) is 12.7 Å². The number of Topliss-reactive ketones (excluding diaryl/α,β-unsaturated/α-hetero) is 1. The van der Waals surface area contributed by atoms with Gasteiger partial charge >= 0.3 is 0 Å². The van der Waals surface area contributed by atoms with E-state index in [0.717, 1.165) is 31.5 Å². The van der Waals surface area contributed by atoms with Crippen molar-refractivity contribution in [2.45, 2.75) is 31.8 Å². The molecule has 1 aliphatic rings. The predicted octanol–water partition coefficient (Wildman–Crippen LogP) is 2.61. The molecular weight excluding hydrogens is 262 g/mol. The maximum Gasteiger partial charge on any atom is 0.139 e. The third kappa shape index (κ3) is 5.31. The second kappa shape index (κ2) is 7.63. The molecule has 0 radical (unpaired) electrons. The molecule has 1 aromatic rings. The van der Waals surface area contributed by atoms with Crippen molar-refractivity contribution in [1.29, 1.82) is 0 Å². The third-order valence-electron chi connectivity index (χ3n) is 3.31. The third-order valence-corrected chi connectivity index (χ3v) is 3.55. The van der Waals surface area contributed by atoms with E-state index in [2.05, 4.69) is 5.32 Å². The summed E-state index contributed by atoms with van der Waals surface area (Å²) in [7, 11) is 0. The fourth-order valence-corrected chi connectivity index (χ4v) is 2.48. The quantitative estimate of drug-likeness (QED) is 0.871. The Bertz CT molecular complexity index is 416. The number of hydrogen-bond donors (Lipinski definition) is 1. The van der Waals surface area contributed by atoms with Gasteiger partial charge in [0.1, 0.15) is 5.78 Å². The first-order valence-corrected chi connectivity index (χ1v) is 7.20. The minimum absolute atomic E-state index is 0.205. The molecule has 1 aromatic carbocycles. The van der Waals surface area contributed by atoms with Crippen molar-refractivity contribution >= 4 is 17.4 Å². The number of halogens is 1. The molecule has 19 heavy (non-hydrogen) atoms. The van der Waals surface area contributed by atoms with E-state index in [0.29, 0.717) is 30.6 Å². The van der Waals surface area contributed by atoms with E-state index >= 15 is 0 Å². The second-order valence-electron chi connectivity index (χ2n) is 4.92. The molecule has 0 unspecified atom stereocenters. The highest BCUT2D eigenvalue weighted by Crippen LogP contribution is 2.12. The van der Waals surface area contributed by atoms with E-state index < -0.39 is 0 Å². The van der Waals surface area contributed by atoms with Gasteiger partial charge in [-0.3, -0.25) is 4.79 Å². The number of carbonyl (C=O) groups excluding carboxylic acids is 1. The van der Waals surface area contributed by atoms with Crippen LogP contribution in [0.3, 0.4) is 0 Å². The van der Waals surface area contributed by atoms with Crippen molar-refractivity contribution in [2.75, 3.05) is 19.7 Å². The molecule has 4 heteroatoms. The minimum atomic E-state index is 0.205. The second-order valence-corrected chi connectivity index (χ2v) is 5.35. The first kappa shape index (κ1) is 14.5. The monoisotopic (exact) mass is 281 g/mol. The first-order chi connectivity index (χ1) is 9.24. The maximum atomic E-state index is 11.8. The summed E-state index contributed by atoms with van der Waals surface area (Å²) >= 11 is 5.89. The van der Waals surface area contributed by atoms with Crippen LogP contribution < -0.4 is 5.32 Å². The molecule has 0 bridgehead atoms. The number of carbonyl (C=O) groups is 1. The zero-order valence-corrected chi connectivity index (χ0v) is 11.8. The molecule has 0 spiro atoms. The Morgan fingerprint density at radius 1 is 1.37 bits per heavy atom. The van der Waals surface area contributed by atoms with Crippen LogP contribution >= 0.6 is 11.6 Å². The van der Waals surface area contributed by atoms with Gasteiger partial charge in [0.15, 0.2) is 0 Å². The smallest absolute Gasteiger partial charge is 0.139 e. The number of hydrogen-bond acceptors (Lipinski definition) is 3. The van der Waals surface area contributed by atoms with Crippen molar-refractivity contribution in [3.63, 3.8) is 0 Å². The van der Waals surface area contributed by atoms with Gasteiger partial charge in [0.2, 0.25) is 0 Å². The van der Waals surface area contributed by atoms with Gasteiger partial charge in [-0.25, -0.2) is 0 Å². The Hall–Kier alpha value is -0.900. The van der Waals surface area contributed by atoms with E-state index in [-0.39, 0.29) is 5.78 Å². The number of ketones is 1. The largest absolute Gasteiger partial charge is 0.378 e. The van der Waals surface area contributed by atoms with Crippen LogP contribution in [0.4, 0.5) is 0 Å². The maximum absolute atomic E-state index is 11.8. The number of nitrogens with one attached hydrogen (secondary N) is 1. The Balaban J connectivity index is 1.67. The van der Waals surface area contributed by atoms with Gasteiger partial charge in [-0.1, -0.05) is 23.7 Å². The number of piperidine rings is 1. The van der Waals surface area contributed by atoms with Gasteiger partial charge in [0, 0.05) is 17.9 Å². The van der Waals surface area contributed by atoms with Crippen LogP contribution in [0.1, 0.15) is 24.8 Å². The molecule has 1 fully saturated rings. The van der Waals surface area contributed by atoms with Crippen LogP contribution in [0.15, 0.2) is 24.3 Å². The zero-order valence-electron chi connectivity index (χ0n) is 11.0. The lowest BCUT2D eigenvalue weighted by Gasteiger charge is -2.22. The van der Waals surface area contributed by atoms with Crippen LogP contribution in [-0.4, -0.2) is 31.6 Å². The molecule has 2 rings (SSSR count). The van der Waals surface area contributed by atoms with Gasteiger partial charge in [0.25, 0.3) is 0 Å². The summed E-state index contributed by atoms with van der Waals surface area (Å²) in [4.78, 5) is 11.8. The highest BCUT2D eigenvalue weighted by molar-refractivity contribution is 6.30. The van der Waals surface area contributed by atoms with Crippen molar-refractivity contribution in [3.8, 4) is 0 Å². The molecular formula is C15H20ClNO2. The van der Waals surface area contributed by atoms with Crippen LogP contribution in [0.25, 0.3) is 0 Å². The summed E-state index contributed by atoms with van der Waals surface area (Å²) in [6, 6.07) is 7.46. The van der Waals surface area contributed by atoms with Crippen LogP contribution in [-0.2, 0) is 16.0 Å². The molecule has 1 saturated heterocycles. The lowest BCUT2D eigenvalue weighted by molar-refractivity contribution is -0.120. The Labute approximate surface area is 119 Å². The summed E-state index contributed by atoms with van der Waals surface area (Å²) in [6.07, 6.45) is 3.33. The topological polar surface area (TPSA) is 38.3 Å². The van der Waals surface area contributed by atoms with Gasteiger partial charge in [-0.15, -0.1) is 0 Å². The number of rotatable bonds is 6. The highest BCUT2D eigenvalue weighted by atomic mass is 35.5. The summed E-state index contributed by atoms with van der Waals surface area (Å²) in [5, 5.41) is 3.97. The number of ether oxygens (including phenoxy) is 1. The van der Waals surface area contributed by atoms with Gasteiger partial charge in [-0.2, -0.15) is 0 Å². The molecule has 0 atom stereocenters. The van der Waals surface area contributed by atoms with E-state index in [9.17, 15) is 4.79 Å². The lowest BCUT2D eigenvalue weighted by atomic mass is 10.1. The summed E-state index contributed by atoms with van der Waals surface area (Å²) < 4.78 is 5.73. The van der Waals surface area contributed by atoms with Crippen molar-refractivity contribution in [1.82, 2.24) is 5.32 Å². The normalized spacial score (nSPS) is 16.5. The molecule has 104 valence electrons. The molecule has 1 N–H and O–H groups in total. The Kier molecular flexibility index (Phi) is 5.83. The summed E-state index contributed by atoms with van der Waals surface area (Å²) in [5.74, 6) is 0.205. The Morgan fingerprint density at radius 2 is 2.16 bits per heavy atom. The van der Waals surface area contributed by atoms with Crippen LogP contribution in [0.5, 0.6) is 0 Å². The molecule has 0 aromatic heterocycles. The lowest BCUT2D eigenvalue weighted by Crippen LogP contribution is -2.32. The van der Waals surface area contributed by atoms with Crippen LogP contribution in [0.2, 0.25) is 5.02 Å². The molecule has 0 saturated carbocycles. The van der Waals surface area contributed by atoms with E-state index in [4.69, 9.17) is 16.3 Å². The van der Waals surface area contributed by atoms with Crippen LogP contribution in [0, 0.1) is 0 Å². The van der Waals surface area contributed by atoms with Gasteiger partial charge in [-0.05, 0) is 43.6 Å². The molecule has 1 aliphatic heterocycles.